The molecule has 0 aromatic heterocycles. The first-order chi connectivity index (χ1) is 9.62. The zero-order valence-electron chi connectivity index (χ0n) is 12.2. The summed E-state index contributed by atoms with van der Waals surface area (Å²) in [6.45, 7) is 2.10. The molecule has 0 spiro atoms. The first kappa shape index (κ1) is 18.1. The third kappa shape index (κ3) is 5.38. The molecule has 0 aliphatic carbocycles. The van der Waals surface area contributed by atoms with Crippen LogP contribution in [0.1, 0.15) is 32.6 Å². The van der Waals surface area contributed by atoms with E-state index in [0.717, 1.165) is 30.0 Å². The summed E-state index contributed by atoms with van der Waals surface area (Å²) in [5.41, 5.74) is 0. The van der Waals surface area contributed by atoms with Crippen molar-refractivity contribution in [1.82, 2.24) is 0 Å². The zero-order valence-corrected chi connectivity index (χ0v) is 14.4. The monoisotopic (exact) mass is 343 g/mol. The van der Waals surface area contributed by atoms with Gasteiger partial charge >= 0.3 is 10.1 Å². The Hall–Kier alpha value is -0.966. The number of unbranched alkanes of at least 4 members (excludes halogenated alkanes) is 3. The van der Waals surface area contributed by atoms with Gasteiger partial charge in [-0.2, -0.15) is 8.42 Å². The molecule has 0 saturated carbocycles. The largest absolute Gasteiger partial charge is 0.382 e. The van der Waals surface area contributed by atoms with Gasteiger partial charge in [-0.25, -0.2) is 0 Å². The summed E-state index contributed by atoms with van der Waals surface area (Å²) in [6.07, 6.45) is 3.73. The fourth-order valence-corrected chi connectivity index (χ4v) is 3.21. The third-order valence-electron chi connectivity index (χ3n) is 3.21. The van der Waals surface area contributed by atoms with Crippen LogP contribution in [0.15, 0.2) is 42.5 Å². The Bertz CT molecular complexity index is 663. The van der Waals surface area contributed by atoms with Gasteiger partial charge in [0.1, 0.15) is 5.75 Å². The molecule has 2 aromatic carbocycles. The van der Waals surface area contributed by atoms with Gasteiger partial charge in [0.05, 0.1) is 5.75 Å². The van der Waals surface area contributed by atoms with E-state index in [9.17, 15) is 8.42 Å². The summed E-state index contributed by atoms with van der Waals surface area (Å²) >= 11 is 0. The molecule has 0 aliphatic heterocycles. The Balaban J connectivity index is 0.00000220. The van der Waals surface area contributed by atoms with Crippen LogP contribution in [0, 0.1) is 0 Å². The van der Waals surface area contributed by atoms with Gasteiger partial charge in [0.2, 0.25) is 0 Å². The van der Waals surface area contributed by atoms with Crippen LogP contribution in [0.4, 0.5) is 0 Å². The standard InChI is InChI=1S/C16H20O3S.V/c1-2-3-4-7-13-20(17,18)19-16-12-8-10-14-9-5-6-11-15(14)16;/h5-6,8-12H,2-4,7,13H2,1H3;. The number of benzene rings is 2. The average Bonchev–Trinajstić information content (AvgIpc) is 2.44. The van der Waals surface area contributed by atoms with Crippen LogP contribution < -0.4 is 4.18 Å². The Morgan fingerprint density at radius 3 is 2.43 bits per heavy atom. The van der Waals surface area contributed by atoms with Crippen LogP contribution in [0.2, 0.25) is 0 Å². The summed E-state index contributed by atoms with van der Waals surface area (Å²) in [6, 6.07) is 13.1. The minimum Gasteiger partial charge on any atom is -0.382 e. The Labute approximate surface area is 138 Å². The van der Waals surface area contributed by atoms with Gasteiger partial charge < -0.3 is 4.18 Å². The first-order valence-electron chi connectivity index (χ1n) is 7.02. The molecule has 5 heteroatoms. The molecule has 0 amide bonds. The van der Waals surface area contributed by atoms with Crippen LogP contribution in [0.3, 0.4) is 0 Å². The van der Waals surface area contributed by atoms with Crippen molar-refractivity contribution in [3.05, 3.63) is 42.5 Å². The second kappa shape index (κ2) is 8.47. The van der Waals surface area contributed by atoms with Crippen molar-refractivity contribution < 1.29 is 31.2 Å². The maximum Gasteiger partial charge on any atom is 0.309 e. The summed E-state index contributed by atoms with van der Waals surface area (Å²) in [4.78, 5) is 0. The average molecular weight is 343 g/mol. The van der Waals surface area contributed by atoms with E-state index in [4.69, 9.17) is 4.18 Å². The molecule has 0 bridgehead atoms. The summed E-state index contributed by atoms with van der Waals surface area (Å²) in [5, 5.41) is 1.80. The molecular weight excluding hydrogens is 323 g/mol. The summed E-state index contributed by atoms with van der Waals surface area (Å²) < 4.78 is 29.2. The number of hydrogen-bond donors (Lipinski definition) is 0. The molecule has 0 unspecified atom stereocenters. The predicted octanol–water partition coefficient (Wildman–Crippen LogP) is 4.13. The van der Waals surface area contributed by atoms with Crippen LogP contribution in [-0.4, -0.2) is 14.2 Å². The SMILES string of the molecule is CCCCCCS(=O)(=O)Oc1cccc2ccccc12.[V]. The maximum absolute atomic E-state index is 12.0. The fourth-order valence-electron chi connectivity index (χ4n) is 2.15. The van der Waals surface area contributed by atoms with E-state index in [1.807, 2.05) is 36.4 Å². The van der Waals surface area contributed by atoms with Crippen molar-refractivity contribution in [2.75, 3.05) is 5.75 Å². The minimum absolute atomic E-state index is 0. The number of hydrogen-bond acceptors (Lipinski definition) is 3. The molecule has 0 N–H and O–H groups in total. The van der Waals surface area contributed by atoms with E-state index in [1.54, 1.807) is 6.07 Å². The van der Waals surface area contributed by atoms with Gasteiger partial charge in [0.15, 0.2) is 0 Å². The molecular formula is C16H20O3SV. The van der Waals surface area contributed by atoms with Crippen molar-refractivity contribution in [3.63, 3.8) is 0 Å². The van der Waals surface area contributed by atoms with Gasteiger partial charge in [-0.15, -0.1) is 0 Å². The van der Waals surface area contributed by atoms with Gasteiger partial charge in [0, 0.05) is 23.9 Å². The smallest absolute Gasteiger partial charge is 0.309 e. The Morgan fingerprint density at radius 1 is 0.952 bits per heavy atom. The number of rotatable bonds is 7. The molecule has 0 saturated heterocycles. The van der Waals surface area contributed by atoms with E-state index in [-0.39, 0.29) is 24.3 Å². The van der Waals surface area contributed by atoms with E-state index < -0.39 is 10.1 Å². The molecule has 0 aliphatic rings. The van der Waals surface area contributed by atoms with E-state index in [1.165, 1.54) is 0 Å². The predicted molar refractivity (Wildman–Crippen MR) is 82.5 cm³/mol. The van der Waals surface area contributed by atoms with Gasteiger partial charge in [-0.3, -0.25) is 0 Å². The van der Waals surface area contributed by atoms with E-state index in [0.29, 0.717) is 12.2 Å². The van der Waals surface area contributed by atoms with Gasteiger partial charge in [0.25, 0.3) is 0 Å². The molecule has 0 atom stereocenters. The Morgan fingerprint density at radius 2 is 1.67 bits per heavy atom. The van der Waals surface area contributed by atoms with Crippen molar-refractivity contribution in [3.8, 4) is 5.75 Å². The summed E-state index contributed by atoms with van der Waals surface area (Å²) in [7, 11) is -3.51. The molecule has 21 heavy (non-hydrogen) atoms. The van der Waals surface area contributed by atoms with Crippen LogP contribution in [0.5, 0.6) is 5.75 Å². The van der Waals surface area contributed by atoms with Gasteiger partial charge in [-0.05, 0) is 17.9 Å². The van der Waals surface area contributed by atoms with E-state index >= 15 is 0 Å². The topological polar surface area (TPSA) is 43.4 Å². The molecule has 2 aromatic rings. The van der Waals surface area contributed by atoms with Crippen molar-refractivity contribution in [1.29, 1.82) is 0 Å². The van der Waals surface area contributed by atoms with Crippen molar-refractivity contribution >= 4 is 20.9 Å². The molecule has 113 valence electrons. The minimum atomic E-state index is -3.51. The molecule has 2 rings (SSSR count). The van der Waals surface area contributed by atoms with Crippen molar-refractivity contribution in [2.24, 2.45) is 0 Å². The van der Waals surface area contributed by atoms with Crippen LogP contribution in [-0.2, 0) is 28.7 Å². The number of fused-ring (bicyclic) bond motifs is 1. The zero-order chi connectivity index (χ0) is 14.4. The van der Waals surface area contributed by atoms with E-state index in [2.05, 4.69) is 6.92 Å². The van der Waals surface area contributed by atoms with Crippen molar-refractivity contribution in [2.45, 2.75) is 32.6 Å². The Kier molecular flexibility index (Phi) is 7.29. The second-order valence-electron chi connectivity index (χ2n) is 4.88. The third-order valence-corrected chi connectivity index (χ3v) is 4.44. The molecule has 3 nitrogen and oxygen atoms in total. The van der Waals surface area contributed by atoms with Gasteiger partial charge in [-0.1, -0.05) is 62.6 Å². The maximum atomic E-state index is 12.0. The first-order valence-corrected chi connectivity index (χ1v) is 8.60. The van der Waals surface area contributed by atoms with Crippen LogP contribution in [0.25, 0.3) is 10.8 Å². The summed E-state index contributed by atoms with van der Waals surface area (Å²) in [5.74, 6) is 0.495. The fraction of sp³-hybridized carbons (Fsp3) is 0.375. The quantitative estimate of drug-likeness (QED) is 0.561. The molecule has 0 fully saturated rings. The normalized spacial score (nSPS) is 11.1. The molecule has 1 radical (unpaired) electrons. The molecule has 0 heterocycles. The van der Waals surface area contributed by atoms with Crippen LogP contribution >= 0.6 is 0 Å². The second-order valence-corrected chi connectivity index (χ2v) is 6.57.